The van der Waals surface area contributed by atoms with Gasteiger partial charge in [-0.05, 0) is 17.7 Å². The van der Waals surface area contributed by atoms with Crippen LogP contribution in [0.25, 0.3) is 0 Å². The van der Waals surface area contributed by atoms with Gasteiger partial charge in [0.2, 0.25) is 5.91 Å². The number of hydrogen-bond donors (Lipinski definition) is 1. The van der Waals surface area contributed by atoms with Crippen molar-refractivity contribution in [3.05, 3.63) is 34.9 Å². The summed E-state index contributed by atoms with van der Waals surface area (Å²) >= 11 is 5.77. The number of nitrogens with one attached hydrogen (secondary N) is 1. The molecule has 1 atom stereocenters. The van der Waals surface area contributed by atoms with Crippen LogP contribution in [0.4, 0.5) is 4.79 Å². The zero-order chi connectivity index (χ0) is 13.8. The van der Waals surface area contributed by atoms with Crippen molar-refractivity contribution in [1.29, 1.82) is 0 Å². The van der Waals surface area contributed by atoms with Crippen molar-refractivity contribution in [2.45, 2.75) is 12.5 Å². The maximum Gasteiger partial charge on any atom is 0.410 e. The van der Waals surface area contributed by atoms with Crippen molar-refractivity contribution in [1.82, 2.24) is 10.2 Å². The lowest BCUT2D eigenvalue weighted by Gasteiger charge is -2.09. The van der Waals surface area contributed by atoms with Gasteiger partial charge in [-0.1, -0.05) is 23.7 Å². The molecule has 0 saturated carbocycles. The standard InChI is InChI=1S/C13H15ClN2O3/c1-16-8-11(19-13(16)18)7-15-12(17)6-9-2-4-10(14)5-3-9/h2-5,11H,6-8H2,1H3,(H,15,17). The van der Waals surface area contributed by atoms with Crippen molar-refractivity contribution in [3.8, 4) is 0 Å². The Morgan fingerprint density at radius 1 is 1.47 bits per heavy atom. The number of nitrogens with zero attached hydrogens (tertiary/aromatic N) is 1. The van der Waals surface area contributed by atoms with E-state index in [4.69, 9.17) is 16.3 Å². The first-order valence-electron chi connectivity index (χ1n) is 5.97. The molecule has 6 heteroatoms. The summed E-state index contributed by atoms with van der Waals surface area (Å²) in [5.74, 6) is -0.104. The summed E-state index contributed by atoms with van der Waals surface area (Å²) in [7, 11) is 1.66. The molecule has 1 saturated heterocycles. The third-order valence-corrected chi connectivity index (χ3v) is 3.11. The lowest BCUT2D eigenvalue weighted by atomic mass is 10.1. The van der Waals surface area contributed by atoms with Gasteiger partial charge in [-0.25, -0.2) is 4.79 Å². The van der Waals surface area contributed by atoms with Crippen molar-refractivity contribution in [2.24, 2.45) is 0 Å². The van der Waals surface area contributed by atoms with Crippen LogP contribution in [0.3, 0.4) is 0 Å². The van der Waals surface area contributed by atoms with Crippen molar-refractivity contribution >= 4 is 23.6 Å². The van der Waals surface area contributed by atoms with E-state index in [1.165, 1.54) is 4.90 Å². The van der Waals surface area contributed by atoms with Gasteiger partial charge in [0.15, 0.2) is 0 Å². The predicted octanol–water partition coefficient (Wildman–Crippen LogP) is 1.45. The minimum absolute atomic E-state index is 0.104. The van der Waals surface area contributed by atoms with Crippen LogP contribution < -0.4 is 5.32 Å². The van der Waals surface area contributed by atoms with Crippen LogP contribution in [0.5, 0.6) is 0 Å². The number of likely N-dealkylation sites (N-methyl/N-ethyl adjacent to an activating group) is 1. The van der Waals surface area contributed by atoms with E-state index in [2.05, 4.69) is 5.32 Å². The number of hydrogen-bond acceptors (Lipinski definition) is 3. The SMILES string of the molecule is CN1CC(CNC(=O)Cc2ccc(Cl)cc2)OC1=O. The summed E-state index contributed by atoms with van der Waals surface area (Å²) in [6.07, 6.45) is -0.336. The fraction of sp³-hybridized carbons (Fsp3) is 0.385. The Morgan fingerprint density at radius 2 is 2.16 bits per heavy atom. The van der Waals surface area contributed by atoms with Gasteiger partial charge >= 0.3 is 6.09 Å². The monoisotopic (exact) mass is 282 g/mol. The Bertz CT molecular complexity index is 475. The molecule has 0 bridgehead atoms. The average molecular weight is 283 g/mol. The van der Waals surface area contributed by atoms with Gasteiger partial charge in [-0.15, -0.1) is 0 Å². The number of ether oxygens (including phenoxy) is 1. The minimum Gasteiger partial charge on any atom is -0.442 e. The van der Waals surface area contributed by atoms with Gasteiger partial charge in [-0.3, -0.25) is 4.79 Å². The number of benzene rings is 1. The van der Waals surface area contributed by atoms with E-state index in [0.29, 0.717) is 18.1 Å². The molecule has 1 heterocycles. The van der Waals surface area contributed by atoms with E-state index in [1.807, 2.05) is 12.1 Å². The number of rotatable bonds is 4. The van der Waals surface area contributed by atoms with Crippen molar-refractivity contribution in [2.75, 3.05) is 20.1 Å². The molecule has 1 aliphatic rings. The lowest BCUT2D eigenvalue weighted by molar-refractivity contribution is -0.120. The third-order valence-electron chi connectivity index (χ3n) is 2.86. The molecule has 1 aromatic carbocycles. The van der Waals surface area contributed by atoms with Crippen LogP contribution in [-0.4, -0.2) is 43.1 Å². The second-order valence-corrected chi connectivity index (χ2v) is 4.93. The maximum absolute atomic E-state index is 11.7. The first kappa shape index (κ1) is 13.7. The highest BCUT2D eigenvalue weighted by atomic mass is 35.5. The molecule has 0 spiro atoms. The molecule has 1 fully saturated rings. The van der Waals surface area contributed by atoms with Gasteiger partial charge in [0.25, 0.3) is 0 Å². The summed E-state index contributed by atoms with van der Waals surface area (Å²) in [6.45, 7) is 0.836. The van der Waals surface area contributed by atoms with Crippen LogP contribution in [0, 0.1) is 0 Å². The molecule has 1 unspecified atom stereocenters. The lowest BCUT2D eigenvalue weighted by Crippen LogP contribution is -2.34. The van der Waals surface area contributed by atoms with Gasteiger partial charge < -0.3 is 15.0 Å². The predicted molar refractivity (Wildman–Crippen MR) is 71.1 cm³/mol. The van der Waals surface area contributed by atoms with E-state index in [9.17, 15) is 9.59 Å². The van der Waals surface area contributed by atoms with E-state index < -0.39 is 0 Å². The first-order valence-corrected chi connectivity index (χ1v) is 6.35. The largest absolute Gasteiger partial charge is 0.442 e. The Morgan fingerprint density at radius 3 is 2.74 bits per heavy atom. The molecule has 2 amide bonds. The fourth-order valence-corrected chi connectivity index (χ4v) is 1.96. The van der Waals surface area contributed by atoms with Crippen LogP contribution in [0.15, 0.2) is 24.3 Å². The first-order chi connectivity index (χ1) is 9.04. The Kier molecular flexibility index (Phi) is 4.27. The highest BCUT2D eigenvalue weighted by Crippen LogP contribution is 2.10. The van der Waals surface area contributed by atoms with Crippen LogP contribution in [0.1, 0.15) is 5.56 Å². The molecule has 0 aliphatic carbocycles. The Labute approximate surface area is 116 Å². The number of amides is 2. The second kappa shape index (κ2) is 5.93. The van der Waals surface area contributed by atoms with Gasteiger partial charge in [0, 0.05) is 12.1 Å². The Balaban J connectivity index is 1.76. The second-order valence-electron chi connectivity index (χ2n) is 4.49. The van der Waals surface area contributed by atoms with Gasteiger partial charge in [0.1, 0.15) is 6.10 Å². The summed E-state index contributed by atoms with van der Waals surface area (Å²) in [6, 6.07) is 7.12. The van der Waals surface area contributed by atoms with Crippen LogP contribution in [0.2, 0.25) is 5.02 Å². The molecular weight excluding hydrogens is 268 g/mol. The van der Waals surface area contributed by atoms with E-state index in [-0.39, 0.29) is 24.5 Å². The smallest absolute Gasteiger partial charge is 0.410 e. The molecule has 1 N–H and O–H groups in total. The van der Waals surface area contributed by atoms with Crippen LogP contribution in [-0.2, 0) is 16.0 Å². The van der Waals surface area contributed by atoms with Gasteiger partial charge in [-0.2, -0.15) is 0 Å². The highest BCUT2D eigenvalue weighted by molar-refractivity contribution is 6.30. The van der Waals surface area contributed by atoms with E-state index in [1.54, 1.807) is 19.2 Å². The molecule has 0 radical (unpaired) electrons. The minimum atomic E-state index is -0.350. The summed E-state index contributed by atoms with van der Waals surface area (Å²) in [5.41, 5.74) is 0.891. The van der Waals surface area contributed by atoms with E-state index >= 15 is 0 Å². The van der Waals surface area contributed by atoms with Crippen molar-refractivity contribution < 1.29 is 14.3 Å². The number of cyclic esters (lactones) is 1. The number of carbonyl (C=O) groups excluding carboxylic acids is 2. The molecule has 0 aromatic heterocycles. The quantitative estimate of drug-likeness (QED) is 0.909. The molecule has 2 rings (SSSR count). The summed E-state index contributed by atoms with van der Waals surface area (Å²) in [5, 5.41) is 3.40. The Hall–Kier alpha value is -1.75. The molecule has 102 valence electrons. The molecular formula is C13H15ClN2O3. The third kappa shape index (κ3) is 3.86. The topological polar surface area (TPSA) is 58.6 Å². The summed E-state index contributed by atoms with van der Waals surface area (Å²) in [4.78, 5) is 24.3. The fourth-order valence-electron chi connectivity index (χ4n) is 1.83. The average Bonchev–Trinajstić information content (AvgIpc) is 2.69. The number of carbonyl (C=O) groups is 2. The summed E-state index contributed by atoms with van der Waals surface area (Å²) < 4.78 is 5.04. The van der Waals surface area contributed by atoms with Gasteiger partial charge in [0.05, 0.1) is 19.5 Å². The number of halogens is 1. The molecule has 19 heavy (non-hydrogen) atoms. The highest BCUT2D eigenvalue weighted by Gasteiger charge is 2.28. The zero-order valence-electron chi connectivity index (χ0n) is 10.6. The zero-order valence-corrected chi connectivity index (χ0v) is 11.3. The van der Waals surface area contributed by atoms with Crippen molar-refractivity contribution in [3.63, 3.8) is 0 Å². The molecule has 5 nitrogen and oxygen atoms in total. The van der Waals surface area contributed by atoms with Crippen LogP contribution >= 0.6 is 11.6 Å². The molecule has 1 aliphatic heterocycles. The van der Waals surface area contributed by atoms with E-state index in [0.717, 1.165) is 5.56 Å². The normalized spacial score (nSPS) is 18.3. The molecule has 1 aromatic rings. The maximum atomic E-state index is 11.7.